The first-order valence-electron chi connectivity index (χ1n) is 8.10. The number of nitrogens with zero attached hydrogens (tertiary/aromatic N) is 2. The molecule has 1 saturated carbocycles. The predicted molar refractivity (Wildman–Crippen MR) is 94.0 cm³/mol. The number of carbonyl (C=O) groups is 2. The quantitative estimate of drug-likeness (QED) is 0.620. The summed E-state index contributed by atoms with van der Waals surface area (Å²) >= 11 is 3.34. The minimum atomic E-state index is -0.0976. The minimum Gasteiger partial charge on any atom is -0.274 e. The van der Waals surface area contributed by atoms with Gasteiger partial charge in [0.2, 0.25) is 11.8 Å². The van der Waals surface area contributed by atoms with Gasteiger partial charge in [0.1, 0.15) is 0 Å². The van der Waals surface area contributed by atoms with Crippen molar-refractivity contribution >= 4 is 50.8 Å². The number of anilines is 1. The fourth-order valence-electron chi connectivity index (χ4n) is 3.63. The monoisotopic (exact) mass is 346 g/mol. The summed E-state index contributed by atoms with van der Waals surface area (Å²) in [5.41, 5.74) is 1.64. The van der Waals surface area contributed by atoms with Gasteiger partial charge in [-0.3, -0.25) is 14.5 Å². The van der Waals surface area contributed by atoms with Gasteiger partial charge in [-0.25, -0.2) is 4.98 Å². The van der Waals surface area contributed by atoms with E-state index in [1.807, 2.05) is 18.2 Å². The molecule has 2 aliphatic rings. The summed E-state index contributed by atoms with van der Waals surface area (Å²) < 4.78 is 2.07. The number of benzene rings is 1. The summed E-state index contributed by atoms with van der Waals surface area (Å²) in [6, 6.07) is 5.72. The number of imide groups is 1. The Kier molecular flexibility index (Phi) is 3.89. The largest absolute Gasteiger partial charge is 0.274 e. The summed E-state index contributed by atoms with van der Waals surface area (Å²) in [4.78, 5) is 31.4. The van der Waals surface area contributed by atoms with E-state index in [0.717, 1.165) is 46.0 Å². The Morgan fingerprint density at radius 1 is 1.22 bits per heavy atom. The van der Waals surface area contributed by atoms with Crippen LogP contribution in [0.2, 0.25) is 0 Å². The number of carbonyl (C=O) groups excluding carboxylic acids is 2. The summed E-state index contributed by atoms with van der Waals surface area (Å²) in [7, 11) is 0. The fourth-order valence-corrected chi connectivity index (χ4v) is 5.63. The number of thiazole rings is 1. The van der Waals surface area contributed by atoms with E-state index in [9.17, 15) is 9.59 Å². The maximum absolute atomic E-state index is 12.7. The predicted octanol–water partition coefficient (Wildman–Crippen LogP) is 4.09. The van der Waals surface area contributed by atoms with E-state index in [2.05, 4.69) is 11.9 Å². The van der Waals surface area contributed by atoms with Crippen LogP contribution in [0.5, 0.6) is 0 Å². The van der Waals surface area contributed by atoms with Crippen molar-refractivity contribution in [2.75, 3.05) is 10.7 Å². The second-order valence-electron chi connectivity index (χ2n) is 6.07. The van der Waals surface area contributed by atoms with Crippen molar-refractivity contribution < 1.29 is 9.59 Å². The maximum Gasteiger partial charge on any atom is 0.237 e. The van der Waals surface area contributed by atoms with E-state index in [1.54, 1.807) is 23.1 Å². The molecule has 1 aromatic heterocycles. The number of hydrogen-bond donors (Lipinski definition) is 0. The minimum absolute atomic E-state index is 0.00766. The van der Waals surface area contributed by atoms with Crippen LogP contribution < -0.4 is 4.90 Å². The van der Waals surface area contributed by atoms with Crippen molar-refractivity contribution in [2.24, 2.45) is 11.8 Å². The van der Waals surface area contributed by atoms with E-state index >= 15 is 0 Å². The molecule has 0 bridgehead atoms. The van der Waals surface area contributed by atoms with Crippen LogP contribution in [0.4, 0.5) is 5.69 Å². The summed E-state index contributed by atoms with van der Waals surface area (Å²) in [6.45, 7) is 2.10. The Hall–Kier alpha value is -1.40. The second-order valence-corrected chi connectivity index (χ2v) is 8.62. The van der Waals surface area contributed by atoms with E-state index in [1.165, 1.54) is 4.90 Å². The Morgan fingerprint density at radius 3 is 2.57 bits per heavy atom. The Labute approximate surface area is 143 Å². The van der Waals surface area contributed by atoms with Crippen LogP contribution in [-0.2, 0) is 9.59 Å². The van der Waals surface area contributed by atoms with Crippen molar-refractivity contribution in [1.29, 1.82) is 0 Å². The molecule has 6 heteroatoms. The Morgan fingerprint density at radius 2 is 1.91 bits per heavy atom. The number of hydrogen-bond acceptors (Lipinski definition) is 5. The summed E-state index contributed by atoms with van der Waals surface area (Å²) in [5, 5.41) is 0. The van der Waals surface area contributed by atoms with E-state index in [0.29, 0.717) is 5.69 Å². The van der Waals surface area contributed by atoms with E-state index < -0.39 is 0 Å². The SMILES string of the molecule is CCSc1nc2ccc(N3C(=O)C4CCCCC4C3=O)cc2s1. The molecule has 2 fully saturated rings. The number of aromatic nitrogens is 1. The zero-order valence-electron chi connectivity index (χ0n) is 12.9. The molecule has 2 heterocycles. The molecular weight excluding hydrogens is 328 g/mol. The van der Waals surface area contributed by atoms with Crippen molar-refractivity contribution in [2.45, 2.75) is 36.9 Å². The molecule has 1 aliphatic heterocycles. The molecule has 2 aromatic rings. The van der Waals surface area contributed by atoms with Gasteiger partial charge in [-0.1, -0.05) is 31.5 Å². The van der Waals surface area contributed by atoms with Gasteiger partial charge in [-0.2, -0.15) is 0 Å². The zero-order valence-corrected chi connectivity index (χ0v) is 14.6. The van der Waals surface area contributed by atoms with Gasteiger partial charge in [0.15, 0.2) is 4.34 Å². The fraction of sp³-hybridized carbons (Fsp3) is 0.471. The van der Waals surface area contributed by atoms with Crippen molar-refractivity contribution in [3.05, 3.63) is 18.2 Å². The normalized spacial score (nSPS) is 24.5. The zero-order chi connectivity index (χ0) is 16.0. The highest BCUT2D eigenvalue weighted by Gasteiger charge is 2.48. The van der Waals surface area contributed by atoms with Crippen molar-refractivity contribution in [3.8, 4) is 0 Å². The average Bonchev–Trinajstić information content (AvgIpc) is 3.07. The average molecular weight is 346 g/mol. The molecule has 0 N–H and O–H groups in total. The third-order valence-electron chi connectivity index (χ3n) is 4.72. The highest BCUT2D eigenvalue weighted by molar-refractivity contribution is 8.01. The van der Waals surface area contributed by atoms with Crippen LogP contribution in [0.15, 0.2) is 22.5 Å². The molecule has 120 valence electrons. The molecule has 23 heavy (non-hydrogen) atoms. The highest BCUT2D eigenvalue weighted by Crippen LogP contribution is 2.41. The lowest BCUT2D eigenvalue weighted by Gasteiger charge is -2.19. The van der Waals surface area contributed by atoms with E-state index in [-0.39, 0.29) is 23.7 Å². The lowest BCUT2D eigenvalue weighted by molar-refractivity contribution is -0.122. The second kappa shape index (κ2) is 5.91. The summed E-state index contributed by atoms with van der Waals surface area (Å²) in [5.74, 6) is 0.775. The van der Waals surface area contributed by atoms with Gasteiger partial charge in [-0.15, -0.1) is 11.3 Å². The van der Waals surface area contributed by atoms with E-state index in [4.69, 9.17) is 0 Å². The van der Waals surface area contributed by atoms with Gasteiger partial charge >= 0.3 is 0 Å². The van der Waals surface area contributed by atoms with Crippen LogP contribution in [0, 0.1) is 11.8 Å². The van der Waals surface area contributed by atoms with Crippen LogP contribution in [0.3, 0.4) is 0 Å². The number of amides is 2. The summed E-state index contributed by atoms with van der Waals surface area (Å²) in [6.07, 6.45) is 3.82. The number of rotatable bonds is 3. The smallest absolute Gasteiger partial charge is 0.237 e. The van der Waals surface area contributed by atoms with Crippen LogP contribution in [-0.4, -0.2) is 22.6 Å². The van der Waals surface area contributed by atoms with Gasteiger partial charge in [0.25, 0.3) is 0 Å². The Bertz CT molecular complexity index is 762. The molecule has 4 rings (SSSR count). The van der Waals surface area contributed by atoms with Gasteiger partial charge < -0.3 is 0 Å². The number of fused-ring (bicyclic) bond motifs is 2. The van der Waals surface area contributed by atoms with Crippen LogP contribution in [0.25, 0.3) is 10.2 Å². The first-order valence-corrected chi connectivity index (χ1v) is 9.90. The highest BCUT2D eigenvalue weighted by atomic mass is 32.2. The van der Waals surface area contributed by atoms with Crippen LogP contribution >= 0.6 is 23.1 Å². The lowest BCUT2D eigenvalue weighted by atomic mass is 9.81. The number of thioether (sulfide) groups is 1. The van der Waals surface area contributed by atoms with Crippen molar-refractivity contribution in [1.82, 2.24) is 4.98 Å². The van der Waals surface area contributed by atoms with Crippen LogP contribution in [0.1, 0.15) is 32.6 Å². The maximum atomic E-state index is 12.7. The molecule has 2 amide bonds. The lowest BCUT2D eigenvalue weighted by Crippen LogP contribution is -2.30. The molecule has 1 saturated heterocycles. The third-order valence-corrected chi connectivity index (χ3v) is 6.76. The third kappa shape index (κ3) is 2.48. The van der Waals surface area contributed by atoms with Gasteiger partial charge in [-0.05, 0) is 36.8 Å². The molecular formula is C17H18N2O2S2. The first kappa shape index (κ1) is 15.1. The Balaban J connectivity index is 1.70. The van der Waals surface area contributed by atoms with Crippen molar-refractivity contribution in [3.63, 3.8) is 0 Å². The molecule has 1 aliphatic carbocycles. The molecule has 1 aromatic carbocycles. The molecule has 0 radical (unpaired) electrons. The van der Waals surface area contributed by atoms with Gasteiger partial charge in [0, 0.05) is 0 Å². The van der Waals surface area contributed by atoms with Gasteiger partial charge in [0.05, 0.1) is 27.7 Å². The molecule has 0 spiro atoms. The standard InChI is InChI=1S/C17H18N2O2S2/c1-2-22-17-18-13-8-7-10(9-14(13)23-17)19-15(20)11-5-3-4-6-12(11)16(19)21/h7-9,11-12H,2-6H2,1H3. The molecule has 2 unspecified atom stereocenters. The first-order chi connectivity index (χ1) is 11.2. The topological polar surface area (TPSA) is 50.3 Å². The molecule has 2 atom stereocenters. The molecule has 4 nitrogen and oxygen atoms in total.